The number of hydrogen-bond acceptors (Lipinski definition) is 2. The van der Waals surface area contributed by atoms with Gasteiger partial charge in [0.15, 0.2) is 0 Å². The number of hydrogen-bond donors (Lipinski definition) is 2. The summed E-state index contributed by atoms with van der Waals surface area (Å²) < 4.78 is 0. The molecule has 2 N–H and O–H groups in total. The number of carbonyl (C=O) groups excluding carboxylic acids is 2. The van der Waals surface area contributed by atoms with Gasteiger partial charge in [-0.15, -0.1) is 0 Å². The maximum atomic E-state index is 12.1. The van der Waals surface area contributed by atoms with Crippen LogP contribution in [0.5, 0.6) is 0 Å². The van der Waals surface area contributed by atoms with Gasteiger partial charge in [0.2, 0.25) is 0 Å². The zero-order valence-electron chi connectivity index (χ0n) is 14.9. The van der Waals surface area contributed by atoms with Crippen LogP contribution in [0.1, 0.15) is 40.8 Å². The third-order valence-electron chi connectivity index (χ3n) is 4.27. The predicted molar refractivity (Wildman–Crippen MR) is 101 cm³/mol. The zero-order chi connectivity index (χ0) is 18.6. The largest absolute Gasteiger partial charge is 0.344 e. The van der Waals surface area contributed by atoms with E-state index in [4.69, 9.17) is 11.6 Å². The van der Waals surface area contributed by atoms with E-state index in [9.17, 15) is 9.59 Å². The first-order valence-corrected chi connectivity index (χ1v) is 8.56. The first-order valence-electron chi connectivity index (χ1n) is 8.19. The minimum Gasteiger partial charge on any atom is -0.344 e. The van der Waals surface area contributed by atoms with Crippen LogP contribution in [0.4, 0.5) is 0 Å². The molecule has 0 aliphatic rings. The fourth-order valence-corrected chi connectivity index (χ4v) is 2.78. The molecular weight excluding hydrogens is 336 g/mol. The van der Waals surface area contributed by atoms with E-state index in [2.05, 4.69) is 29.7 Å². The maximum absolute atomic E-state index is 12.1. The highest BCUT2D eigenvalue weighted by atomic mass is 35.5. The summed E-state index contributed by atoms with van der Waals surface area (Å²) in [6.45, 7) is 8.25. The fourth-order valence-electron chi connectivity index (χ4n) is 2.65. The van der Waals surface area contributed by atoms with Gasteiger partial charge in [0.25, 0.3) is 0 Å². The summed E-state index contributed by atoms with van der Waals surface area (Å²) in [4.78, 5) is 24.1. The maximum Gasteiger partial charge on any atom is 0.309 e. The van der Waals surface area contributed by atoms with Crippen LogP contribution in [0.3, 0.4) is 0 Å². The normalized spacial score (nSPS) is 11.7. The van der Waals surface area contributed by atoms with Gasteiger partial charge in [-0.3, -0.25) is 9.59 Å². The van der Waals surface area contributed by atoms with Crippen molar-refractivity contribution in [2.45, 2.75) is 40.3 Å². The molecule has 2 aromatic rings. The van der Waals surface area contributed by atoms with E-state index < -0.39 is 11.8 Å². The third kappa shape index (κ3) is 5.07. The molecule has 0 spiro atoms. The minimum atomic E-state index is -0.650. The summed E-state index contributed by atoms with van der Waals surface area (Å²) in [5.41, 5.74) is 5.36. The van der Waals surface area contributed by atoms with Gasteiger partial charge in [0.05, 0.1) is 6.04 Å². The van der Waals surface area contributed by atoms with E-state index in [1.807, 2.05) is 32.9 Å². The van der Waals surface area contributed by atoms with Crippen LogP contribution in [0.2, 0.25) is 5.02 Å². The lowest BCUT2D eigenvalue weighted by molar-refractivity contribution is -0.139. The fraction of sp³-hybridized carbons (Fsp3) is 0.300. The van der Waals surface area contributed by atoms with Gasteiger partial charge in [0.1, 0.15) is 0 Å². The lowest BCUT2D eigenvalue weighted by Gasteiger charge is -2.18. The molecule has 2 amide bonds. The molecule has 0 bridgehead atoms. The van der Waals surface area contributed by atoms with Crippen molar-refractivity contribution in [2.24, 2.45) is 0 Å². The second-order valence-electron chi connectivity index (χ2n) is 6.30. The minimum absolute atomic E-state index is 0.243. The molecule has 0 aliphatic heterocycles. The van der Waals surface area contributed by atoms with Crippen molar-refractivity contribution in [2.75, 3.05) is 0 Å². The first-order chi connectivity index (χ1) is 11.8. The highest BCUT2D eigenvalue weighted by Gasteiger charge is 2.18. The zero-order valence-corrected chi connectivity index (χ0v) is 15.7. The number of carbonyl (C=O) groups is 2. The van der Waals surface area contributed by atoms with Crippen molar-refractivity contribution < 1.29 is 9.59 Å². The molecule has 132 valence electrons. The molecule has 0 aliphatic carbocycles. The Morgan fingerprint density at radius 2 is 1.56 bits per heavy atom. The monoisotopic (exact) mass is 358 g/mol. The average molecular weight is 359 g/mol. The number of halogens is 1. The molecule has 0 fully saturated rings. The number of amides is 2. The lowest BCUT2D eigenvalue weighted by Crippen LogP contribution is -2.40. The second kappa shape index (κ2) is 8.17. The van der Waals surface area contributed by atoms with Crippen molar-refractivity contribution in [3.05, 3.63) is 69.2 Å². The molecule has 0 heterocycles. The van der Waals surface area contributed by atoms with Gasteiger partial charge in [0, 0.05) is 11.6 Å². The summed E-state index contributed by atoms with van der Waals surface area (Å²) in [5.74, 6) is -1.29. The lowest BCUT2D eigenvalue weighted by atomic mass is 9.96. The van der Waals surface area contributed by atoms with Gasteiger partial charge in [-0.2, -0.15) is 0 Å². The van der Waals surface area contributed by atoms with Crippen molar-refractivity contribution >= 4 is 23.4 Å². The van der Waals surface area contributed by atoms with E-state index in [1.54, 1.807) is 12.1 Å². The molecule has 4 nitrogen and oxygen atoms in total. The van der Waals surface area contributed by atoms with E-state index in [0.717, 1.165) is 22.3 Å². The number of nitrogens with one attached hydrogen (secondary N) is 2. The van der Waals surface area contributed by atoms with Crippen molar-refractivity contribution in [1.82, 2.24) is 10.6 Å². The Kier molecular flexibility index (Phi) is 6.21. The smallest absolute Gasteiger partial charge is 0.309 e. The summed E-state index contributed by atoms with van der Waals surface area (Å²) in [6, 6.07) is 11.0. The van der Waals surface area contributed by atoms with Crippen LogP contribution < -0.4 is 10.6 Å². The van der Waals surface area contributed by atoms with E-state index in [1.165, 1.54) is 5.56 Å². The Bertz CT molecular complexity index is 785. The van der Waals surface area contributed by atoms with Crippen LogP contribution in [-0.2, 0) is 16.1 Å². The molecule has 5 heteroatoms. The molecule has 1 unspecified atom stereocenters. The van der Waals surface area contributed by atoms with Crippen LogP contribution in [-0.4, -0.2) is 11.8 Å². The van der Waals surface area contributed by atoms with Crippen LogP contribution in [0.15, 0.2) is 36.4 Å². The summed E-state index contributed by atoms with van der Waals surface area (Å²) >= 11 is 5.82. The third-order valence-corrected chi connectivity index (χ3v) is 4.52. The SMILES string of the molecule is Cc1cc(C)c(C(C)NC(=O)C(=O)NCc2ccc(Cl)cc2)cc1C. The summed E-state index contributed by atoms with van der Waals surface area (Å²) in [6.07, 6.45) is 0. The quantitative estimate of drug-likeness (QED) is 0.817. The highest BCUT2D eigenvalue weighted by molar-refractivity contribution is 6.35. The Balaban J connectivity index is 1.95. The van der Waals surface area contributed by atoms with E-state index in [0.29, 0.717) is 5.02 Å². The summed E-state index contributed by atoms with van der Waals surface area (Å²) in [5, 5.41) is 6.00. The Morgan fingerprint density at radius 3 is 2.20 bits per heavy atom. The van der Waals surface area contributed by atoms with Gasteiger partial charge in [-0.1, -0.05) is 35.9 Å². The Morgan fingerprint density at radius 1 is 0.960 bits per heavy atom. The molecule has 0 aromatic heterocycles. The number of rotatable bonds is 4. The average Bonchev–Trinajstić information content (AvgIpc) is 2.57. The van der Waals surface area contributed by atoms with Gasteiger partial charge < -0.3 is 10.6 Å². The standard InChI is InChI=1S/C20H23ClN2O2/c1-12-9-14(3)18(10-13(12)2)15(4)23-20(25)19(24)22-11-16-5-7-17(21)8-6-16/h5-10,15H,11H2,1-4H3,(H,22,24)(H,23,25). The summed E-state index contributed by atoms with van der Waals surface area (Å²) in [7, 11) is 0. The molecule has 1 atom stereocenters. The molecule has 2 rings (SSSR count). The molecule has 25 heavy (non-hydrogen) atoms. The van der Waals surface area contributed by atoms with Crippen molar-refractivity contribution in [1.29, 1.82) is 0 Å². The molecule has 0 radical (unpaired) electrons. The molecular formula is C20H23ClN2O2. The molecule has 0 saturated heterocycles. The molecule has 0 saturated carbocycles. The van der Waals surface area contributed by atoms with Crippen molar-refractivity contribution in [3.63, 3.8) is 0 Å². The highest BCUT2D eigenvalue weighted by Crippen LogP contribution is 2.21. The van der Waals surface area contributed by atoms with E-state index >= 15 is 0 Å². The van der Waals surface area contributed by atoms with Crippen LogP contribution in [0.25, 0.3) is 0 Å². The van der Waals surface area contributed by atoms with Gasteiger partial charge in [-0.05, 0) is 67.6 Å². The number of aryl methyl sites for hydroxylation is 3. The van der Waals surface area contributed by atoms with Crippen LogP contribution >= 0.6 is 11.6 Å². The van der Waals surface area contributed by atoms with Gasteiger partial charge in [-0.25, -0.2) is 0 Å². The van der Waals surface area contributed by atoms with Gasteiger partial charge >= 0.3 is 11.8 Å². The van der Waals surface area contributed by atoms with Crippen molar-refractivity contribution in [3.8, 4) is 0 Å². The topological polar surface area (TPSA) is 58.2 Å². The van der Waals surface area contributed by atoms with Crippen LogP contribution in [0, 0.1) is 20.8 Å². The predicted octanol–water partition coefficient (Wildman–Crippen LogP) is 3.76. The second-order valence-corrected chi connectivity index (χ2v) is 6.73. The number of benzene rings is 2. The Labute approximate surface area is 153 Å². The molecule has 2 aromatic carbocycles. The van der Waals surface area contributed by atoms with E-state index in [-0.39, 0.29) is 12.6 Å². The first kappa shape index (κ1) is 19.0. The Hall–Kier alpha value is -2.33.